The highest BCUT2D eigenvalue weighted by molar-refractivity contribution is 5.88. The van der Waals surface area contributed by atoms with E-state index in [-0.39, 0.29) is 0 Å². The fraction of sp³-hybridized carbons (Fsp3) is 0.375. The molecule has 1 fully saturated rings. The van der Waals surface area contributed by atoms with E-state index in [0.29, 0.717) is 5.75 Å². The zero-order chi connectivity index (χ0) is 15.7. The molecule has 5 atom stereocenters. The number of benzene rings is 2. The monoisotopic (exact) mass is 306 g/mol. The van der Waals surface area contributed by atoms with Crippen LogP contribution in [0.1, 0.15) is 0 Å². The quantitative estimate of drug-likeness (QED) is 0.638. The summed E-state index contributed by atoms with van der Waals surface area (Å²) in [4.78, 5) is 0. The van der Waals surface area contributed by atoms with Crippen molar-refractivity contribution in [3.63, 3.8) is 0 Å². The van der Waals surface area contributed by atoms with Crippen LogP contribution in [0.3, 0.4) is 0 Å². The third-order valence-corrected chi connectivity index (χ3v) is 3.86. The van der Waals surface area contributed by atoms with Gasteiger partial charge >= 0.3 is 0 Å². The first-order valence-electron chi connectivity index (χ1n) is 7.07. The fourth-order valence-electron chi connectivity index (χ4n) is 2.64. The van der Waals surface area contributed by atoms with E-state index in [4.69, 9.17) is 14.6 Å². The summed E-state index contributed by atoms with van der Waals surface area (Å²) in [5, 5.41) is 40.8. The number of ether oxygens (including phenoxy) is 2. The highest BCUT2D eigenvalue weighted by Gasteiger charge is 2.45. The molecular weight excluding hydrogens is 288 g/mol. The molecule has 2 aromatic carbocycles. The average molecular weight is 306 g/mol. The van der Waals surface area contributed by atoms with E-state index in [2.05, 4.69) is 0 Å². The van der Waals surface area contributed by atoms with Crippen LogP contribution in [-0.4, -0.2) is 57.7 Å². The van der Waals surface area contributed by atoms with E-state index in [0.717, 1.165) is 10.8 Å². The number of aliphatic hydroxyl groups excluding tert-OH is 4. The Hall–Kier alpha value is -1.70. The Kier molecular flexibility index (Phi) is 4.28. The third kappa shape index (κ3) is 2.67. The Morgan fingerprint density at radius 3 is 2.45 bits per heavy atom. The maximum absolute atomic E-state index is 10.1. The fourth-order valence-corrected chi connectivity index (χ4v) is 2.64. The van der Waals surface area contributed by atoms with E-state index < -0.39 is 37.3 Å². The second-order valence-corrected chi connectivity index (χ2v) is 5.29. The lowest BCUT2D eigenvalue weighted by molar-refractivity contribution is -0.280. The molecule has 0 unspecified atom stereocenters. The van der Waals surface area contributed by atoms with Gasteiger partial charge in [-0.3, -0.25) is 0 Å². The average Bonchev–Trinajstić information content (AvgIpc) is 2.55. The van der Waals surface area contributed by atoms with E-state index in [1.54, 1.807) is 12.1 Å². The Labute approximate surface area is 127 Å². The molecule has 1 aliphatic rings. The summed E-state index contributed by atoms with van der Waals surface area (Å²) in [6.07, 6.45) is -6.36. The standard InChI is InChI=1S/C16H18O6/c17-8-12-13(18)14(19)15(16(20)22-12)21-11-7-3-5-9-4-1-2-6-10(9)11/h1-7,12-20H,8H2/t12-,13-,14+,15-,16+/m1/s1. The number of aliphatic hydroxyl groups is 4. The SMILES string of the molecule is OC[C@H]1O[C@H](O)[C@H](Oc2cccc3ccccc23)[C@@H](O)[C@@H]1O. The minimum atomic E-state index is -1.45. The number of hydrogen-bond donors (Lipinski definition) is 4. The predicted molar refractivity (Wildman–Crippen MR) is 78.3 cm³/mol. The maximum atomic E-state index is 10.1. The van der Waals surface area contributed by atoms with Crippen molar-refractivity contribution in [2.24, 2.45) is 0 Å². The number of hydrogen-bond acceptors (Lipinski definition) is 6. The molecule has 2 aromatic rings. The lowest BCUT2D eigenvalue weighted by atomic mass is 9.99. The molecule has 1 aliphatic heterocycles. The van der Waals surface area contributed by atoms with Crippen LogP contribution >= 0.6 is 0 Å². The molecular formula is C16H18O6. The molecule has 0 bridgehead atoms. The van der Waals surface area contributed by atoms with Gasteiger partial charge in [0.25, 0.3) is 0 Å². The first-order chi connectivity index (χ1) is 10.6. The molecule has 118 valence electrons. The van der Waals surface area contributed by atoms with Crippen LogP contribution in [0.2, 0.25) is 0 Å². The summed E-state index contributed by atoms with van der Waals surface area (Å²) >= 11 is 0. The smallest absolute Gasteiger partial charge is 0.195 e. The minimum Gasteiger partial charge on any atom is -0.482 e. The molecule has 0 saturated carbocycles. The highest BCUT2D eigenvalue weighted by Crippen LogP contribution is 2.29. The van der Waals surface area contributed by atoms with Gasteiger partial charge in [0.15, 0.2) is 12.4 Å². The Morgan fingerprint density at radius 1 is 0.955 bits per heavy atom. The lowest BCUT2D eigenvalue weighted by Crippen LogP contribution is -2.60. The molecule has 1 saturated heterocycles. The summed E-state index contributed by atoms with van der Waals surface area (Å²) < 4.78 is 10.8. The molecule has 22 heavy (non-hydrogen) atoms. The van der Waals surface area contributed by atoms with Crippen molar-refractivity contribution in [3.05, 3.63) is 42.5 Å². The largest absolute Gasteiger partial charge is 0.482 e. The molecule has 0 aromatic heterocycles. The third-order valence-electron chi connectivity index (χ3n) is 3.86. The molecule has 6 nitrogen and oxygen atoms in total. The molecule has 0 radical (unpaired) electrons. The van der Waals surface area contributed by atoms with Gasteiger partial charge in [0.2, 0.25) is 0 Å². The first-order valence-corrected chi connectivity index (χ1v) is 7.07. The Morgan fingerprint density at radius 2 is 1.68 bits per heavy atom. The second kappa shape index (κ2) is 6.20. The van der Waals surface area contributed by atoms with Gasteiger partial charge < -0.3 is 29.9 Å². The zero-order valence-electron chi connectivity index (χ0n) is 11.7. The molecule has 0 amide bonds. The van der Waals surface area contributed by atoms with Gasteiger partial charge in [-0.1, -0.05) is 36.4 Å². The normalized spacial score (nSPS) is 32.1. The molecule has 3 rings (SSSR count). The lowest BCUT2D eigenvalue weighted by Gasteiger charge is -2.39. The van der Waals surface area contributed by atoms with Crippen molar-refractivity contribution >= 4 is 10.8 Å². The van der Waals surface area contributed by atoms with Crippen molar-refractivity contribution in [2.45, 2.75) is 30.7 Å². The van der Waals surface area contributed by atoms with Gasteiger partial charge in [0.1, 0.15) is 24.1 Å². The van der Waals surface area contributed by atoms with Crippen LogP contribution in [0.5, 0.6) is 5.75 Å². The van der Waals surface area contributed by atoms with Gasteiger partial charge in [-0.15, -0.1) is 0 Å². The van der Waals surface area contributed by atoms with Gasteiger partial charge in [0.05, 0.1) is 6.61 Å². The summed E-state index contributed by atoms with van der Waals surface area (Å²) in [6, 6.07) is 13.0. The van der Waals surface area contributed by atoms with Crippen molar-refractivity contribution < 1.29 is 29.9 Å². The van der Waals surface area contributed by atoms with Gasteiger partial charge in [-0.05, 0) is 11.5 Å². The topological polar surface area (TPSA) is 99.4 Å². The van der Waals surface area contributed by atoms with Gasteiger partial charge in [0, 0.05) is 5.39 Å². The highest BCUT2D eigenvalue weighted by atomic mass is 16.7. The van der Waals surface area contributed by atoms with Crippen molar-refractivity contribution in [3.8, 4) is 5.75 Å². The summed E-state index contributed by atoms with van der Waals surface area (Å²) in [5.41, 5.74) is 0. The Bertz CT molecular complexity index is 640. The summed E-state index contributed by atoms with van der Waals surface area (Å²) in [5.74, 6) is 0.472. The first kappa shape index (κ1) is 15.2. The van der Waals surface area contributed by atoms with Crippen molar-refractivity contribution in [1.82, 2.24) is 0 Å². The van der Waals surface area contributed by atoms with Crippen molar-refractivity contribution in [2.75, 3.05) is 6.61 Å². The molecule has 0 aliphatic carbocycles. The second-order valence-electron chi connectivity index (χ2n) is 5.29. The predicted octanol–water partition coefficient (Wildman–Crippen LogP) is 0.0185. The zero-order valence-corrected chi connectivity index (χ0v) is 11.7. The maximum Gasteiger partial charge on any atom is 0.195 e. The van der Waals surface area contributed by atoms with E-state index >= 15 is 0 Å². The summed E-state index contributed by atoms with van der Waals surface area (Å²) in [6.45, 7) is -0.504. The molecule has 6 heteroatoms. The van der Waals surface area contributed by atoms with Crippen molar-refractivity contribution in [1.29, 1.82) is 0 Å². The minimum absolute atomic E-state index is 0.472. The van der Waals surface area contributed by atoms with E-state index in [9.17, 15) is 15.3 Å². The van der Waals surface area contributed by atoms with Crippen LogP contribution in [0.25, 0.3) is 10.8 Å². The van der Waals surface area contributed by atoms with Crippen LogP contribution in [0.4, 0.5) is 0 Å². The molecule has 4 N–H and O–H groups in total. The Balaban J connectivity index is 1.88. The molecule has 1 heterocycles. The van der Waals surface area contributed by atoms with Crippen LogP contribution < -0.4 is 4.74 Å². The number of fused-ring (bicyclic) bond motifs is 1. The molecule has 0 spiro atoms. The number of rotatable bonds is 3. The summed E-state index contributed by atoms with van der Waals surface area (Å²) in [7, 11) is 0. The van der Waals surface area contributed by atoms with Crippen LogP contribution in [0.15, 0.2) is 42.5 Å². The van der Waals surface area contributed by atoms with Crippen LogP contribution in [0, 0.1) is 0 Å². The van der Waals surface area contributed by atoms with E-state index in [1.807, 2.05) is 30.3 Å². The van der Waals surface area contributed by atoms with Gasteiger partial charge in [-0.25, -0.2) is 0 Å². The van der Waals surface area contributed by atoms with E-state index in [1.165, 1.54) is 0 Å². The van der Waals surface area contributed by atoms with Crippen LogP contribution in [-0.2, 0) is 4.74 Å². The van der Waals surface area contributed by atoms with Gasteiger partial charge in [-0.2, -0.15) is 0 Å².